The first-order chi connectivity index (χ1) is 17.1. The summed E-state index contributed by atoms with van der Waals surface area (Å²) in [6, 6.07) is 22.0. The largest absolute Gasteiger partial charge is 0.490 e. The third-order valence-corrected chi connectivity index (χ3v) is 6.16. The van der Waals surface area contributed by atoms with E-state index >= 15 is 0 Å². The number of benzene rings is 3. The van der Waals surface area contributed by atoms with Crippen molar-refractivity contribution >= 4 is 16.9 Å². The van der Waals surface area contributed by atoms with Crippen molar-refractivity contribution in [3.8, 4) is 11.5 Å². The number of nitrogens with zero attached hydrogens (tertiary/aromatic N) is 1. The summed E-state index contributed by atoms with van der Waals surface area (Å²) in [4.78, 5) is 28.6. The van der Waals surface area contributed by atoms with Gasteiger partial charge in [-0.25, -0.2) is 0 Å². The maximum Gasteiger partial charge on any atom is 0.290 e. The Labute approximate surface area is 203 Å². The number of carbonyl (C=O) groups is 1. The van der Waals surface area contributed by atoms with Crippen molar-refractivity contribution in [1.82, 2.24) is 4.90 Å². The van der Waals surface area contributed by atoms with E-state index in [-0.39, 0.29) is 17.1 Å². The van der Waals surface area contributed by atoms with E-state index in [9.17, 15) is 9.59 Å². The summed E-state index contributed by atoms with van der Waals surface area (Å²) in [5.41, 5.74) is 2.45. The fourth-order valence-corrected chi connectivity index (χ4v) is 4.60. The standard InChI is InChI=1S/C29H27NO5/c1-3-16-30-26(25-27(31)21-12-8-9-13-22(21)35-28(25)29(30)32)20-14-15-23(24(17-20)33-4-2)34-18-19-10-6-5-7-11-19/h5-15,17,26H,3-4,16,18H2,1-2H3. The molecular formula is C29H27NO5. The van der Waals surface area contributed by atoms with E-state index in [2.05, 4.69) is 0 Å². The Kier molecular flexibility index (Phi) is 6.27. The van der Waals surface area contributed by atoms with Crippen molar-refractivity contribution in [2.45, 2.75) is 32.9 Å². The molecule has 4 aromatic rings. The molecule has 0 fully saturated rings. The zero-order chi connectivity index (χ0) is 24.4. The van der Waals surface area contributed by atoms with E-state index in [1.807, 2.05) is 62.4 Å². The number of ether oxygens (including phenoxy) is 2. The van der Waals surface area contributed by atoms with Crippen LogP contribution in [0.25, 0.3) is 11.0 Å². The fraction of sp³-hybridized carbons (Fsp3) is 0.241. The highest BCUT2D eigenvalue weighted by Crippen LogP contribution is 2.41. The van der Waals surface area contributed by atoms with Crippen LogP contribution < -0.4 is 14.9 Å². The SMILES string of the molecule is CCCN1C(=O)c2oc3ccccc3c(=O)c2C1c1ccc(OCc2ccccc2)c(OCC)c1. The highest BCUT2D eigenvalue weighted by Gasteiger charge is 2.42. The van der Waals surface area contributed by atoms with Gasteiger partial charge in [0, 0.05) is 6.54 Å². The molecule has 2 heterocycles. The smallest absolute Gasteiger partial charge is 0.290 e. The molecule has 3 aromatic carbocycles. The van der Waals surface area contributed by atoms with Crippen LogP contribution in [0, 0.1) is 0 Å². The average Bonchev–Trinajstić information content (AvgIpc) is 3.16. The van der Waals surface area contributed by atoms with Crippen LogP contribution in [0.2, 0.25) is 0 Å². The molecular weight excluding hydrogens is 442 g/mol. The Bertz CT molecular complexity index is 1430. The van der Waals surface area contributed by atoms with Gasteiger partial charge in [-0.15, -0.1) is 0 Å². The number of fused-ring (bicyclic) bond motifs is 2. The molecule has 6 heteroatoms. The van der Waals surface area contributed by atoms with E-state index < -0.39 is 6.04 Å². The van der Waals surface area contributed by atoms with Crippen molar-refractivity contribution in [3.63, 3.8) is 0 Å². The molecule has 0 spiro atoms. The van der Waals surface area contributed by atoms with Gasteiger partial charge in [0.2, 0.25) is 5.76 Å². The maximum atomic E-state index is 13.5. The van der Waals surface area contributed by atoms with Crippen LogP contribution in [-0.4, -0.2) is 24.0 Å². The Morgan fingerprint density at radius 3 is 2.43 bits per heavy atom. The number of hydrogen-bond donors (Lipinski definition) is 0. The second-order valence-electron chi connectivity index (χ2n) is 8.48. The topological polar surface area (TPSA) is 69.0 Å². The molecule has 0 saturated heterocycles. The van der Waals surface area contributed by atoms with Gasteiger partial charge in [-0.1, -0.05) is 55.5 Å². The lowest BCUT2D eigenvalue weighted by Crippen LogP contribution is -2.30. The van der Waals surface area contributed by atoms with Gasteiger partial charge in [0.15, 0.2) is 16.9 Å². The van der Waals surface area contributed by atoms with Gasteiger partial charge in [0.25, 0.3) is 5.91 Å². The summed E-state index contributed by atoms with van der Waals surface area (Å²) < 4.78 is 17.9. The second kappa shape index (κ2) is 9.66. The molecule has 1 amide bonds. The fourth-order valence-electron chi connectivity index (χ4n) is 4.60. The first-order valence-corrected chi connectivity index (χ1v) is 11.9. The monoisotopic (exact) mass is 469 g/mol. The highest BCUT2D eigenvalue weighted by molar-refractivity contribution is 5.99. The number of carbonyl (C=O) groups excluding carboxylic acids is 1. The molecule has 1 unspecified atom stereocenters. The molecule has 0 N–H and O–H groups in total. The summed E-state index contributed by atoms with van der Waals surface area (Å²) in [5, 5.41) is 0.468. The number of para-hydroxylation sites is 1. The van der Waals surface area contributed by atoms with Gasteiger partial charge < -0.3 is 18.8 Å². The Balaban J connectivity index is 1.58. The lowest BCUT2D eigenvalue weighted by atomic mass is 9.98. The third-order valence-electron chi connectivity index (χ3n) is 6.16. The van der Waals surface area contributed by atoms with Crippen LogP contribution in [0.15, 0.2) is 82.0 Å². The average molecular weight is 470 g/mol. The molecule has 6 nitrogen and oxygen atoms in total. The zero-order valence-corrected chi connectivity index (χ0v) is 19.8. The van der Waals surface area contributed by atoms with E-state index in [1.54, 1.807) is 29.2 Å². The van der Waals surface area contributed by atoms with Gasteiger partial charge in [-0.05, 0) is 48.7 Å². The molecule has 1 aliphatic rings. The van der Waals surface area contributed by atoms with Gasteiger partial charge in [0.1, 0.15) is 12.2 Å². The van der Waals surface area contributed by atoms with Crippen LogP contribution in [0.5, 0.6) is 11.5 Å². The highest BCUT2D eigenvalue weighted by atomic mass is 16.5. The molecule has 35 heavy (non-hydrogen) atoms. The van der Waals surface area contributed by atoms with Gasteiger partial charge in [0.05, 0.1) is 23.6 Å². The molecule has 0 aliphatic carbocycles. The van der Waals surface area contributed by atoms with Gasteiger partial charge >= 0.3 is 0 Å². The van der Waals surface area contributed by atoms with E-state index in [0.29, 0.717) is 47.8 Å². The molecule has 1 atom stereocenters. The van der Waals surface area contributed by atoms with Crippen LogP contribution in [-0.2, 0) is 6.61 Å². The van der Waals surface area contributed by atoms with Crippen LogP contribution in [0.4, 0.5) is 0 Å². The second-order valence-corrected chi connectivity index (χ2v) is 8.48. The number of amides is 1. The summed E-state index contributed by atoms with van der Waals surface area (Å²) in [6.07, 6.45) is 0.751. The predicted octanol–water partition coefficient (Wildman–Crippen LogP) is 5.73. The summed E-state index contributed by atoms with van der Waals surface area (Å²) in [6.45, 7) is 5.27. The summed E-state index contributed by atoms with van der Waals surface area (Å²) in [5.74, 6) is 1.03. The van der Waals surface area contributed by atoms with Crippen LogP contribution in [0.3, 0.4) is 0 Å². The van der Waals surface area contributed by atoms with Crippen LogP contribution >= 0.6 is 0 Å². The van der Waals surface area contributed by atoms with E-state index in [1.165, 1.54) is 0 Å². The Hall–Kier alpha value is -4.06. The summed E-state index contributed by atoms with van der Waals surface area (Å²) >= 11 is 0. The Morgan fingerprint density at radius 2 is 1.66 bits per heavy atom. The lowest BCUT2D eigenvalue weighted by Gasteiger charge is -2.25. The molecule has 1 aliphatic heterocycles. The molecule has 0 bridgehead atoms. The Morgan fingerprint density at radius 1 is 0.886 bits per heavy atom. The number of hydrogen-bond acceptors (Lipinski definition) is 5. The molecule has 5 rings (SSSR count). The van der Waals surface area contributed by atoms with Crippen molar-refractivity contribution in [2.75, 3.05) is 13.2 Å². The van der Waals surface area contributed by atoms with Crippen molar-refractivity contribution in [2.24, 2.45) is 0 Å². The van der Waals surface area contributed by atoms with Crippen molar-refractivity contribution < 1.29 is 18.7 Å². The number of rotatable bonds is 8. The quantitative estimate of drug-likeness (QED) is 0.330. The normalized spacial score (nSPS) is 14.9. The minimum atomic E-state index is -0.555. The van der Waals surface area contributed by atoms with Crippen molar-refractivity contribution in [1.29, 1.82) is 0 Å². The predicted molar refractivity (Wildman–Crippen MR) is 134 cm³/mol. The zero-order valence-electron chi connectivity index (χ0n) is 19.8. The van der Waals surface area contributed by atoms with Crippen LogP contribution in [0.1, 0.15) is 53.6 Å². The van der Waals surface area contributed by atoms with Gasteiger partial charge in [-0.3, -0.25) is 9.59 Å². The minimum absolute atomic E-state index is 0.120. The first-order valence-electron chi connectivity index (χ1n) is 11.9. The van der Waals surface area contributed by atoms with E-state index in [4.69, 9.17) is 13.9 Å². The van der Waals surface area contributed by atoms with E-state index in [0.717, 1.165) is 17.5 Å². The van der Waals surface area contributed by atoms with Crippen molar-refractivity contribution in [3.05, 3.63) is 105 Å². The minimum Gasteiger partial charge on any atom is -0.490 e. The molecule has 0 radical (unpaired) electrons. The molecule has 178 valence electrons. The third kappa shape index (κ3) is 4.16. The first kappa shape index (κ1) is 22.7. The maximum absolute atomic E-state index is 13.5. The van der Waals surface area contributed by atoms with Gasteiger partial charge in [-0.2, -0.15) is 0 Å². The molecule has 1 aromatic heterocycles. The lowest BCUT2D eigenvalue weighted by molar-refractivity contribution is 0.0728. The molecule has 0 saturated carbocycles. The summed E-state index contributed by atoms with van der Waals surface area (Å²) in [7, 11) is 0.